The molecule has 8 rings (SSSR count). The molecule has 2 aliphatic heterocycles. The molecule has 10 nitrogen and oxygen atoms in total. The minimum absolute atomic E-state index is 0.00497. The molecule has 0 spiro atoms. The Balaban J connectivity index is 1.09. The summed E-state index contributed by atoms with van der Waals surface area (Å²) >= 11 is 6.34. The summed E-state index contributed by atoms with van der Waals surface area (Å²) in [5.41, 5.74) is 0.887. The molecule has 2 aromatic heterocycles. The van der Waals surface area contributed by atoms with Crippen molar-refractivity contribution < 1.29 is 23.7 Å². The molecule has 12 heteroatoms. The first-order valence-corrected chi connectivity index (χ1v) is 17.1. The lowest BCUT2D eigenvalue weighted by molar-refractivity contribution is -0.199. The molecule has 1 unspecified atom stereocenters. The highest BCUT2D eigenvalue weighted by atomic mass is 35.5. The van der Waals surface area contributed by atoms with E-state index >= 15 is 0 Å². The first-order valence-electron chi connectivity index (χ1n) is 16.7. The Morgan fingerprint density at radius 2 is 1.98 bits per heavy atom. The van der Waals surface area contributed by atoms with E-state index in [1.165, 1.54) is 0 Å². The summed E-state index contributed by atoms with van der Waals surface area (Å²) in [6.07, 6.45) is 8.51. The predicted octanol–water partition coefficient (Wildman–Crippen LogP) is 5.27. The zero-order valence-corrected chi connectivity index (χ0v) is 28.4. The SMILES string of the molecule is CC(C)C[C@H](NC(=O)C1(Cc2cccc(Cl)c2)CC(CNC(=O)c2cccn3ccnc23)=NO1)B1O[C@@H]2C[C@@H]3C[C@@H](C3(C)C)[C@]2(C)O1. The highest BCUT2D eigenvalue weighted by Gasteiger charge is 2.68. The van der Waals surface area contributed by atoms with Crippen LogP contribution in [-0.4, -0.2) is 63.8 Å². The number of halogens is 1. The number of hydrogen-bond donors (Lipinski definition) is 2. The number of nitrogens with one attached hydrogen (secondary N) is 2. The molecule has 0 radical (unpaired) electrons. The van der Waals surface area contributed by atoms with Gasteiger partial charge in [-0.15, -0.1) is 0 Å². The molecule has 3 saturated carbocycles. The Labute approximate surface area is 281 Å². The van der Waals surface area contributed by atoms with Crippen LogP contribution in [0.3, 0.4) is 0 Å². The van der Waals surface area contributed by atoms with Crippen molar-refractivity contribution in [3.05, 3.63) is 71.1 Å². The van der Waals surface area contributed by atoms with Gasteiger partial charge in [-0.05, 0) is 79.2 Å². The Hall–Kier alpha value is -3.41. The van der Waals surface area contributed by atoms with Gasteiger partial charge in [0.25, 0.3) is 11.8 Å². The van der Waals surface area contributed by atoms with E-state index in [-0.39, 0.29) is 60.2 Å². The number of carbonyl (C=O) groups excluding carboxylic acids is 2. The van der Waals surface area contributed by atoms with Gasteiger partial charge in [0, 0.05) is 36.5 Å². The van der Waals surface area contributed by atoms with Crippen LogP contribution in [0.15, 0.2) is 60.1 Å². The Kier molecular flexibility index (Phi) is 8.16. The summed E-state index contributed by atoms with van der Waals surface area (Å²) in [6.45, 7) is 11.2. The molecule has 4 heterocycles. The van der Waals surface area contributed by atoms with Crippen LogP contribution < -0.4 is 10.6 Å². The van der Waals surface area contributed by atoms with E-state index in [1.54, 1.807) is 35.0 Å². The average molecular weight is 660 g/mol. The lowest BCUT2D eigenvalue weighted by atomic mass is 9.43. The second-order valence-electron chi connectivity index (χ2n) is 15.0. The van der Waals surface area contributed by atoms with Gasteiger partial charge in [-0.1, -0.05) is 56.6 Å². The van der Waals surface area contributed by atoms with Crippen LogP contribution in [0.1, 0.15) is 76.2 Å². The number of amides is 2. The zero-order valence-electron chi connectivity index (χ0n) is 27.7. The highest BCUT2D eigenvalue weighted by Crippen LogP contribution is 2.65. The van der Waals surface area contributed by atoms with E-state index in [0.717, 1.165) is 18.4 Å². The van der Waals surface area contributed by atoms with E-state index in [4.69, 9.17) is 25.7 Å². The molecule has 1 saturated heterocycles. The fraction of sp³-hybridized carbons (Fsp3) is 0.543. The molecule has 3 aromatic rings. The van der Waals surface area contributed by atoms with Crippen molar-refractivity contribution >= 4 is 41.9 Å². The largest absolute Gasteiger partial charge is 0.481 e. The summed E-state index contributed by atoms with van der Waals surface area (Å²) in [5, 5.41) is 11.1. The van der Waals surface area contributed by atoms with Crippen LogP contribution in [0.25, 0.3) is 5.65 Å². The normalized spacial score (nSPS) is 29.6. The van der Waals surface area contributed by atoms with Crippen LogP contribution in [0, 0.1) is 23.2 Å². The van der Waals surface area contributed by atoms with Crippen molar-refractivity contribution in [1.29, 1.82) is 0 Å². The van der Waals surface area contributed by atoms with Crippen LogP contribution in [0.2, 0.25) is 5.02 Å². The number of oxime groups is 1. The average Bonchev–Trinajstić information content (AvgIpc) is 3.76. The molecule has 248 valence electrons. The van der Waals surface area contributed by atoms with E-state index < -0.39 is 12.7 Å². The van der Waals surface area contributed by atoms with Crippen molar-refractivity contribution in [2.24, 2.45) is 28.3 Å². The van der Waals surface area contributed by atoms with Gasteiger partial charge >= 0.3 is 7.12 Å². The van der Waals surface area contributed by atoms with Crippen LogP contribution in [0.4, 0.5) is 0 Å². The monoisotopic (exact) mass is 659 g/mol. The Bertz CT molecular complexity index is 1730. The van der Waals surface area contributed by atoms with Crippen LogP contribution >= 0.6 is 11.6 Å². The first kappa shape index (κ1) is 32.2. The number of rotatable bonds is 10. The summed E-state index contributed by atoms with van der Waals surface area (Å²) in [5.74, 6) is 0.352. The third-order valence-electron chi connectivity index (χ3n) is 11.1. The summed E-state index contributed by atoms with van der Waals surface area (Å²) in [4.78, 5) is 38.0. The van der Waals surface area contributed by atoms with Gasteiger partial charge in [0.15, 0.2) is 0 Å². The molecule has 2 bridgehead atoms. The minimum Gasteiger partial charge on any atom is -0.404 e. The van der Waals surface area contributed by atoms with Gasteiger partial charge in [0.1, 0.15) is 5.65 Å². The molecule has 4 fully saturated rings. The molecular formula is C35H43BClN5O5. The summed E-state index contributed by atoms with van der Waals surface area (Å²) in [7, 11) is -0.568. The van der Waals surface area contributed by atoms with Gasteiger partial charge < -0.3 is 29.2 Å². The number of fused-ring (bicyclic) bond motifs is 1. The zero-order chi connectivity index (χ0) is 33.1. The van der Waals surface area contributed by atoms with Gasteiger partial charge in [-0.2, -0.15) is 0 Å². The fourth-order valence-corrected chi connectivity index (χ4v) is 8.65. The number of hydrogen-bond acceptors (Lipinski definition) is 7. The molecule has 3 aliphatic carbocycles. The molecule has 2 amide bonds. The fourth-order valence-electron chi connectivity index (χ4n) is 8.43. The number of imidazole rings is 1. The van der Waals surface area contributed by atoms with Crippen molar-refractivity contribution in [3.63, 3.8) is 0 Å². The van der Waals surface area contributed by atoms with Crippen LogP contribution in [0.5, 0.6) is 0 Å². The summed E-state index contributed by atoms with van der Waals surface area (Å²) < 4.78 is 15.2. The number of benzene rings is 1. The quantitative estimate of drug-likeness (QED) is 0.287. The smallest absolute Gasteiger partial charge is 0.404 e. The van der Waals surface area contributed by atoms with Crippen molar-refractivity contribution in [3.8, 4) is 0 Å². The van der Waals surface area contributed by atoms with E-state index in [1.807, 2.05) is 24.4 Å². The van der Waals surface area contributed by atoms with Gasteiger partial charge in [-0.25, -0.2) is 4.98 Å². The van der Waals surface area contributed by atoms with Gasteiger partial charge in [0.05, 0.1) is 35.5 Å². The van der Waals surface area contributed by atoms with Gasteiger partial charge in [0.2, 0.25) is 5.60 Å². The van der Waals surface area contributed by atoms with Crippen LogP contribution in [-0.2, 0) is 25.4 Å². The Morgan fingerprint density at radius 3 is 2.74 bits per heavy atom. The number of carbonyl (C=O) groups is 2. The standard InChI is InChI=1S/C35H43BClN5O5/c1-21(2)14-29(36-45-28-17-23-16-27(33(23,3)4)34(28,5)46-36)40-32(44)35(18-22-8-6-9-24(37)15-22)19-25(41-47-35)20-39-31(43)26-10-7-12-42-13-11-38-30(26)42/h6-13,15,21,23,27-29H,14,16-20H2,1-5H3,(H,39,43)(H,40,44)/t23-,27-,28+,29-,34-,35?/m0/s1. The maximum Gasteiger partial charge on any atom is 0.481 e. The molecule has 6 atom stereocenters. The minimum atomic E-state index is -1.35. The lowest BCUT2D eigenvalue weighted by Crippen LogP contribution is -2.65. The maximum atomic E-state index is 14.4. The van der Waals surface area contributed by atoms with Crippen molar-refractivity contribution in [1.82, 2.24) is 20.0 Å². The molecule has 47 heavy (non-hydrogen) atoms. The topological polar surface area (TPSA) is 116 Å². The Morgan fingerprint density at radius 1 is 1.15 bits per heavy atom. The lowest BCUT2D eigenvalue weighted by Gasteiger charge is -2.64. The molecular weight excluding hydrogens is 617 g/mol. The number of nitrogens with zero attached hydrogens (tertiary/aromatic N) is 3. The predicted molar refractivity (Wildman–Crippen MR) is 180 cm³/mol. The third-order valence-corrected chi connectivity index (χ3v) is 11.3. The van der Waals surface area contributed by atoms with Gasteiger partial charge in [-0.3, -0.25) is 9.59 Å². The molecule has 2 N–H and O–H groups in total. The van der Waals surface area contributed by atoms with Crippen molar-refractivity contribution in [2.45, 2.75) is 90.0 Å². The second kappa shape index (κ2) is 11.9. The third kappa shape index (κ3) is 5.74. The first-order chi connectivity index (χ1) is 22.4. The van der Waals surface area contributed by atoms with E-state index in [2.05, 4.69) is 55.4 Å². The second-order valence-corrected chi connectivity index (χ2v) is 15.5. The molecule has 5 aliphatic rings. The van der Waals surface area contributed by atoms with E-state index in [0.29, 0.717) is 40.2 Å². The van der Waals surface area contributed by atoms with Crippen molar-refractivity contribution in [2.75, 3.05) is 6.54 Å². The maximum absolute atomic E-state index is 14.4. The molecule has 1 aromatic carbocycles. The highest BCUT2D eigenvalue weighted by molar-refractivity contribution is 6.48. The van der Waals surface area contributed by atoms with E-state index in [9.17, 15) is 9.59 Å². The number of aromatic nitrogens is 2. The number of pyridine rings is 1. The summed E-state index contributed by atoms with van der Waals surface area (Å²) in [6, 6.07) is 10.9.